The van der Waals surface area contributed by atoms with E-state index in [9.17, 15) is 9.59 Å². The number of hydrogen-bond acceptors (Lipinski definition) is 6. The van der Waals surface area contributed by atoms with Crippen molar-refractivity contribution < 1.29 is 29.2 Å². The molecule has 0 rings (SSSR count). The zero-order valence-corrected chi connectivity index (χ0v) is 9.06. The van der Waals surface area contributed by atoms with E-state index < -0.39 is 18.4 Å². The zero-order valence-electron chi connectivity index (χ0n) is 9.06. The molecule has 0 aliphatic carbocycles. The topological polar surface area (TPSA) is 82.1 Å². The largest absolute Gasteiger partial charge is 0.455 e. The van der Waals surface area contributed by atoms with Crippen LogP contribution in [0.1, 0.15) is 26.7 Å². The van der Waals surface area contributed by atoms with Crippen molar-refractivity contribution in [2.24, 2.45) is 0 Å². The first-order valence-corrected chi connectivity index (χ1v) is 4.52. The lowest BCUT2D eigenvalue weighted by molar-refractivity contribution is -0.342. The molecule has 0 aromatic heterocycles. The van der Waals surface area contributed by atoms with Crippen LogP contribution in [-0.4, -0.2) is 36.5 Å². The zero-order chi connectivity index (χ0) is 11.8. The van der Waals surface area contributed by atoms with Gasteiger partial charge < -0.3 is 9.47 Å². The fraction of sp³-hybridized carbons (Fsp3) is 0.778. The molecule has 0 aliphatic rings. The average Bonchev–Trinajstić information content (AvgIpc) is 2.16. The summed E-state index contributed by atoms with van der Waals surface area (Å²) >= 11 is 0. The Labute approximate surface area is 88.0 Å². The first-order valence-electron chi connectivity index (χ1n) is 4.52. The fourth-order valence-electron chi connectivity index (χ4n) is 1.05. The van der Waals surface area contributed by atoms with E-state index in [1.54, 1.807) is 0 Å². The Morgan fingerprint density at radius 2 is 1.87 bits per heavy atom. The maximum atomic E-state index is 11.0. The number of ketones is 1. The molecule has 1 N–H and O–H groups in total. The SMILES string of the molecule is COC(CCC(OC(C)=O)C(C)=O)OO. The van der Waals surface area contributed by atoms with Gasteiger partial charge in [-0.05, 0) is 13.3 Å². The highest BCUT2D eigenvalue weighted by molar-refractivity contribution is 5.82. The molecule has 0 heterocycles. The van der Waals surface area contributed by atoms with Gasteiger partial charge >= 0.3 is 5.97 Å². The van der Waals surface area contributed by atoms with Crippen molar-refractivity contribution in [3.05, 3.63) is 0 Å². The summed E-state index contributed by atoms with van der Waals surface area (Å²) in [4.78, 5) is 25.7. The minimum Gasteiger partial charge on any atom is -0.455 e. The van der Waals surface area contributed by atoms with Crippen LogP contribution in [0, 0.1) is 0 Å². The highest BCUT2D eigenvalue weighted by Gasteiger charge is 2.19. The van der Waals surface area contributed by atoms with E-state index in [0.29, 0.717) is 0 Å². The van der Waals surface area contributed by atoms with Gasteiger partial charge in [-0.3, -0.25) is 9.59 Å². The average molecular weight is 220 g/mol. The second-order valence-electron chi connectivity index (χ2n) is 3.06. The van der Waals surface area contributed by atoms with Crippen LogP contribution in [-0.2, 0) is 24.0 Å². The molecule has 0 radical (unpaired) electrons. The van der Waals surface area contributed by atoms with Crippen LogP contribution in [0.2, 0.25) is 0 Å². The lowest BCUT2D eigenvalue weighted by Crippen LogP contribution is -2.26. The van der Waals surface area contributed by atoms with E-state index in [-0.39, 0.29) is 18.6 Å². The van der Waals surface area contributed by atoms with Gasteiger partial charge in [-0.1, -0.05) is 0 Å². The summed E-state index contributed by atoms with van der Waals surface area (Å²) in [5.41, 5.74) is 0. The Bertz CT molecular complexity index is 211. The molecule has 0 spiro atoms. The van der Waals surface area contributed by atoms with Crippen molar-refractivity contribution in [2.75, 3.05) is 7.11 Å². The van der Waals surface area contributed by atoms with Crippen molar-refractivity contribution in [2.45, 2.75) is 39.1 Å². The summed E-state index contributed by atoms with van der Waals surface area (Å²) in [6, 6.07) is 0. The van der Waals surface area contributed by atoms with Gasteiger partial charge in [0.1, 0.15) is 0 Å². The number of ether oxygens (including phenoxy) is 2. The van der Waals surface area contributed by atoms with Crippen LogP contribution in [0.15, 0.2) is 0 Å². The smallest absolute Gasteiger partial charge is 0.303 e. The molecular formula is C9H16O6. The van der Waals surface area contributed by atoms with Crippen LogP contribution < -0.4 is 0 Å². The normalized spacial score (nSPS) is 14.4. The quantitative estimate of drug-likeness (QED) is 0.295. The van der Waals surface area contributed by atoms with Crippen molar-refractivity contribution in [1.82, 2.24) is 0 Å². The van der Waals surface area contributed by atoms with Crippen LogP contribution >= 0.6 is 0 Å². The van der Waals surface area contributed by atoms with Gasteiger partial charge in [-0.15, -0.1) is 0 Å². The fourth-order valence-corrected chi connectivity index (χ4v) is 1.05. The monoisotopic (exact) mass is 220 g/mol. The number of esters is 1. The second-order valence-corrected chi connectivity index (χ2v) is 3.06. The number of hydrogen-bond donors (Lipinski definition) is 1. The van der Waals surface area contributed by atoms with Gasteiger partial charge in [0.15, 0.2) is 18.2 Å². The third-order valence-corrected chi connectivity index (χ3v) is 1.81. The molecule has 2 unspecified atom stereocenters. The molecule has 88 valence electrons. The molecule has 0 saturated carbocycles. The molecule has 0 aromatic rings. The van der Waals surface area contributed by atoms with E-state index in [4.69, 9.17) is 14.7 Å². The predicted octanol–water partition coefficient (Wildman–Crippen LogP) is 0.749. The van der Waals surface area contributed by atoms with E-state index in [2.05, 4.69) is 4.89 Å². The Kier molecular flexibility index (Phi) is 6.85. The first-order chi connectivity index (χ1) is 7.01. The lowest BCUT2D eigenvalue weighted by atomic mass is 10.1. The Balaban J connectivity index is 4.06. The minimum atomic E-state index is -0.817. The van der Waals surface area contributed by atoms with Gasteiger partial charge in [0, 0.05) is 20.5 Å². The maximum absolute atomic E-state index is 11.0. The molecule has 15 heavy (non-hydrogen) atoms. The van der Waals surface area contributed by atoms with Gasteiger partial charge in [0.25, 0.3) is 0 Å². The van der Waals surface area contributed by atoms with Crippen LogP contribution in [0.5, 0.6) is 0 Å². The molecule has 6 nitrogen and oxygen atoms in total. The number of Topliss-reactive ketones (excluding diaryl/α,β-unsaturated/α-hetero) is 1. The first kappa shape index (κ1) is 14.0. The third-order valence-electron chi connectivity index (χ3n) is 1.81. The standard InChI is InChI=1S/C9H16O6/c1-6(10)8(14-7(2)11)4-5-9(13-3)15-12/h8-9,12H,4-5H2,1-3H3. The number of methoxy groups -OCH3 is 1. The molecule has 0 fully saturated rings. The van der Waals surface area contributed by atoms with Crippen LogP contribution in [0.3, 0.4) is 0 Å². The predicted molar refractivity (Wildman–Crippen MR) is 50.0 cm³/mol. The van der Waals surface area contributed by atoms with Gasteiger partial charge in [0.05, 0.1) is 0 Å². The van der Waals surface area contributed by atoms with Gasteiger partial charge in [0.2, 0.25) is 0 Å². The summed E-state index contributed by atoms with van der Waals surface area (Å²) in [6.07, 6.45) is -1.13. The van der Waals surface area contributed by atoms with Crippen LogP contribution in [0.25, 0.3) is 0 Å². The molecule has 0 amide bonds. The highest BCUT2D eigenvalue weighted by atomic mass is 17.1. The van der Waals surface area contributed by atoms with E-state index in [1.807, 2.05) is 0 Å². The molecule has 2 atom stereocenters. The van der Waals surface area contributed by atoms with Crippen LogP contribution in [0.4, 0.5) is 0 Å². The minimum absolute atomic E-state index is 0.244. The summed E-state index contributed by atoms with van der Waals surface area (Å²) in [6.45, 7) is 2.56. The molecule has 0 aromatic carbocycles. The summed E-state index contributed by atoms with van der Waals surface area (Å²) in [7, 11) is 1.36. The highest BCUT2D eigenvalue weighted by Crippen LogP contribution is 2.09. The van der Waals surface area contributed by atoms with E-state index in [0.717, 1.165) is 0 Å². The van der Waals surface area contributed by atoms with Crippen molar-refractivity contribution in [3.8, 4) is 0 Å². The summed E-state index contributed by atoms with van der Waals surface area (Å²) in [5.74, 6) is -0.771. The summed E-state index contributed by atoms with van der Waals surface area (Å²) in [5, 5.41) is 8.34. The van der Waals surface area contributed by atoms with E-state index >= 15 is 0 Å². The molecule has 6 heteroatoms. The molecule has 0 saturated heterocycles. The molecule has 0 bridgehead atoms. The number of carbonyl (C=O) groups is 2. The number of carbonyl (C=O) groups excluding carboxylic acids is 2. The van der Waals surface area contributed by atoms with Crippen molar-refractivity contribution >= 4 is 11.8 Å². The Morgan fingerprint density at radius 1 is 1.27 bits per heavy atom. The summed E-state index contributed by atoms with van der Waals surface area (Å²) < 4.78 is 9.48. The third kappa shape index (κ3) is 6.16. The maximum Gasteiger partial charge on any atom is 0.303 e. The Hall–Kier alpha value is -0.980. The van der Waals surface area contributed by atoms with Crippen molar-refractivity contribution in [1.29, 1.82) is 0 Å². The van der Waals surface area contributed by atoms with Crippen molar-refractivity contribution in [3.63, 3.8) is 0 Å². The second kappa shape index (κ2) is 7.33. The lowest BCUT2D eigenvalue weighted by Gasteiger charge is -2.16. The van der Waals surface area contributed by atoms with Gasteiger partial charge in [-0.2, -0.15) is 0 Å². The number of rotatable bonds is 7. The molecule has 0 aliphatic heterocycles. The molecular weight excluding hydrogens is 204 g/mol. The Morgan fingerprint density at radius 3 is 2.20 bits per heavy atom. The van der Waals surface area contributed by atoms with Gasteiger partial charge in [-0.25, -0.2) is 10.1 Å². The van der Waals surface area contributed by atoms with E-state index in [1.165, 1.54) is 21.0 Å².